The van der Waals surface area contributed by atoms with Crippen molar-refractivity contribution >= 4 is 33.2 Å². The Morgan fingerprint density at radius 1 is 1.57 bits per heavy atom. The average molecular weight is 356 g/mol. The van der Waals surface area contributed by atoms with Crippen molar-refractivity contribution in [3.63, 3.8) is 0 Å². The molecule has 1 aromatic rings. The maximum atomic E-state index is 12.6. The molecular formula is C14H18BrN3O3. The summed E-state index contributed by atoms with van der Waals surface area (Å²) in [6.45, 7) is 2.89. The van der Waals surface area contributed by atoms with Crippen molar-refractivity contribution in [3.8, 4) is 0 Å². The Morgan fingerprint density at radius 3 is 2.86 bits per heavy atom. The molecule has 1 unspecified atom stereocenters. The topological polar surface area (TPSA) is 84.3 Å². The molecule has 6 nitrogen and oxygen atoms in total. The first-order valence-electron chi connectivity index (χ1n) is 6.99. The smallest absolute Gasteiger partial charge is 0.270 e. The molecule has 1 aromatic carbocycles. The first-order valence-corrected chi connectivity index (χ1v) is 7.78. The molecule has 0 aliphatic carbocycles. The molecule has 0 spiro atoms. The highest BCUT2D eigenvalue weighted by Crippen LogP contribution is 2.30. The van der Waals surface area contributed by atoms with Gasteiger partial charge in [0.25, 0.3) is 5.69 Å². The van der Waals surface area contributed by atoms with E-state index in [-0.39, 0.29) is 11.6 Å². The van der Waals surface area contributed by atoms with Gasteiger partial charge in [-0.25, -0.2) is 0 Å². The normalized spacial score (nSPS) is 21.2. The lowest BCUT2D eigenvalue weighted by Gasteiger charge is -2.28. The highest BCUT2D eigenvalue weighted by atomic mass is 79.9. The van der Waals surface area contributed by atoms with E-state index in [0.717, 1.165) is 32.2 Å². The fourth-order valence-electron chi connectivity index (χ4n) is 2.71. The SMILES string of the molecule is CCCC1(C(=O)Nc2ccc([N+](=O)[O-])cc2Br)CCCN1. The average Bonchev–Trinajstić information content (AvgIpc) is 2.91. The number of non-ortho nitro benzene ring substituents is 1. The second-order valence-electron chi connectivity index (χ2n) is 5.24. The first-order chi connectivity index (χ1) is 9.98. The molecule has 1 aliphatic heterocycles. The number of nitro benzene ring substituents is 1. The quantitative estimate of drug-likeness (QED) is 0.627. The molecule has 114 valence electrons. The summed E-state index contributed by atoms with van der Waals surface area (Å²) in [5.74, 6) is -0.0728. The van der Waals surface area contributed by atoms with Crippen LogP contribution in [0.5, 0.6) is 0 Å². The number of carbonyl (C=O) groups is 1. The van der Waals surface area contributed by atoms with Gasteiger partial charge in [0.15, 0.2) is 0 Å². The first kappa shape index (κ1) is 15.9. The molecule has 1 saturated heterocycles. The van der Waals surface area contributed by atoms with Gasteiger partial charge in [0.1, 0.15) is 0 Å². The number of nitrogens with one attached hydrogen (secondary N) is 2. The Morgan fingerprint density at radius 2 is 2.33 bits per heavy atom. The van der Waals surface area contributed by atoms with E-state index in [1.54, 1.807) is 6.07 Å². The van der Waals surface area contributed by atoms with E-state index in [4.69, 9.17) is 0 Å². The predicted molar refractivity (Wildman–Crippen MR) is 84.3 cm³/mol. The van der Waals surface area contributed by atoms with Crippen LogP contribution in [-0.4, -0.2) is 22.9 Å². The number of benzene rings is 1. The highest BCUT2D eigenvalue weighted by molar-refractivity contribution is 9.10. The maximum Gasteiger partial charge on any atom is 0.270 e. The number of amides is 1. The van der Waals surface area contributed by atoms with Gasteiger partial charge in [-0.1, -0.05) is 13.3 Å². The van der Waals surface area contributed by atoms with Crippen molar-refractivity contribution in [3.05, 3.63) is 32.8 Å². The third-order valence-electron chi connectivity index (χ3n) is 3.77. The van der Waals surface area contributed by atoms with Gasteiger partial charge in [0.05, 0.1) is 16.1 Å². The lowest BCUT2D eigenvalue weighted by atomic mass is 9.91. The van der Waals surface area contributed by atoms with E-state index in [0.29, 0.717) is 10.2 Å². The van der Waals surface area contributed by atoms with Gasteiger partial charge in [-0.3, -0.25) is 14.9 Å². The summed E-state index contributed by atoms with van der Waals surface area (Å²) in [7, 11) is 0. The van der Waals surface area contributed by atoms with Gasteiger partial charge in [-0.2, -0.15) is 0 Å². The molecule has 0 saturated carbocycles. The van der Waals surface area contributed by atoms with Crippen molar-refractivity contribution in [1.82, 2.24) is 5.32 Å². The van der Waals surface area contributed by atoms with E-state index >= 15 is 0 Å². The summed E-state index contributed by atoms with van der Waals surface area (Å²) in [5.41, 5.74) is 0.0209. The summed E-state index contributed by atoms with van der Waals surface area (Å²) >= 11 is 3.27. The number of anilines is 1. The fourth-order valence-corrected chi connectivity index (χ4v) is 3.18. The Kier molecular flexibility index (Phi) is 4.95. The summed E-state index contributed by atoms with van der Waals surface area (Å²) in [4.78, 5) is 22.8. The number of rotatable bonds is 5. The summed E-state index contributed by atoms with van der Waals surface area (Å²) in [5, 5.41) is 16.9. The van der Waals surface area contributed by atoms with Gasteiger partial charge in [-0.15, -0.1) is 0 Å². The van der Waals surface area contributed by atoms with E-state index < -0.39 is 10.5 Å². The number of carbonyl (C=O) groups excluding carboxylic acids is 1. The van der Waals surface area contributed by atoms with E-state index in [9.17, 15) is 14.9 Å². The Labute approximate surface area is 131 Å². The van der Waals surface area contributed by atoms with Crippen molar-refractivity contribution in [2.45, 2.75) is 38.1 Å². The van der Waals surface area contributed by atoms with Gasteiger partial charge < -0.3 is 10.6 Å². The largest absolute Gasteiger partial charge is 0.323 e. The molecule has 0 bridgehead atoms. The molecule has 1 heterocycles. The number of halogens is 1. The molecule has 1 fully saturated rings. The van der Waals surface area contributed by atoms with Crippen molar-refractivity contribution < 1.29 is 9.72 Å². The van der Waals surface area contributed by atoms with Crippen LogP contribution in [0.3, 0.4) is 0 Å². The Balaban J connectivity index is 2.17. The number of hydrogen-bond acceptors (Lipinski definition) is 4. The van der Waals surface area contributed by atoms with Gasteiger partial charge in [0.2, 0.25) is 5.91 Å². The molecular weight excluding hydrogens is 338 g/mol. The monoisotopic (exact) mass is 355 g/mol. The molecule has 0 radical (unpaired) electrons. The zero-order valence-electron chi connectivity index (χ0n) is 11.8. The highest BCUT2D eigenvalue weighted by Gasteiger charge is 2.40. The second kappa shape index (κ2) is 6.53. The van der Waals surface area contributed by atoms with Gasteiger partial charge in [-0.05, 0) is 47.8 Å². The van der Waals surface area contributed by atoms with Crippen LogP contribution in [0.2, 0.25) is 0 Å². The maximum absolute atomic E-state index is 12.6. The molecule has 1 amide bonds. The summed E-state index contributed by atoms with van der Waals surface area (Å²) in [6, 6.07) is 4.33. The zero-order chi connectivity index (χ0) is 15.5. The molecule has 2 rings (SSSR count). The Hall–Kier alpha value is -1.47. The van der Waals surface area contributed by atoms with Crippen LogP contribution in [0.1, 0.15) is 32.6 Å². The van der Waals surface area contributed by atoms with Crippen molar-refractivity contribution in [2.24, 2.45) is 0 Å². The molecule has 21 heavy (non-hydrogen) atoms. The molecule has 1 atom stereocenters. The van der Waals surface area contributed by atoms with E-state index in [1.165, 1.54) is 12.1 Å². The van der Waals surface area contributed by atoms with Gasteiger partial charge >= 0.3 is 0 Å². The van der Waals surface area contributed by atoms with Crippen LogP contribution in [0.15, 0.2) is 22.7 Å². The minimum atomic E-state index is -0.518. The van der Waals surface area contributed by atoms with Gasteiger partial charge in [0, 0.05) is 16.6 Å². The standard InChI is InChI=1S/C14H18BrN3O3/c1-2-6-14(7-3-8-16-14)13(19)17-12-5-4-10(18(20)21)9-11(12)15/h4-5,9,16H,2-3,6-8H2,1H3,(H,17,19). The molecule has 0 aromatic heterocycles. The van der Waals surface area contributed by atoms with Crippen LogP contribution in [-0.2, 0) is 4.79 Å². The third-order valence-corrected chi connectivity index (χ3v) is 4.42. The number of nitrogens with zero attached hydrogens (tertiary/aromatic N) is 1. The van der Waals surface area contributed by atoms with Crippen LogP contribution < -0.4 is 10.6 Å². The molecule has 1 aliphatic rings. The number of hydrogen-bond donors (Lipinski definition) is 2. The van der Waals surface area contributed by atoms with Crippen LogP contribution >= 0.6 is 15.9 Å². The molecule has 7 heteroatoms. The summed E-state index contributed by atoms with van der Waals surface area (Å²) < 4.78 is 0.509. The van der Waals surface area contributed by atoms with Crippen LogP contribution in [0, 0.1) is 10.1 Å². The molecule has 2 N–H and O–H groups in total. The minimum Gasteiger partial charge on any atom is -0.323 e. The minimum absolute atomic E-state index is 0.0119. The van der Waals surface area contributed by atoms with E-state index in [1.807, 2.05) is 0 Å². The van der Waals surface area contributed by atoms with Crippen LogP contribution in [0.25, 0.3) is 0 Å². The summed E-state index contributed by atoms with van der Waals surface area (Å²) in [6.07, 6.45) is 3.50. The fraction of sp³-hybridized carbons (Fsp3) is 0.500. The van der Waals surface area contributed by atoms with E-state index in [2.05, 4.69) is 33.5 Å². The number of nitro groups is 1. The zero-order valence-corrected chi connectivity index (χ0v) is 13.4. The second-order valence-corrected chi connectivity index (χ2v) is 6.09. The van der Waals surface area contributed by atoms with Crippen LogP contribution in [0.4, 0.5) is 11.4 Å². The van der Waals surface area contributed by atoms with Crippen molar-refractivity contribution in [2.75, 3.05) is 11.9 Å². The lowest BCUT2D eigenvalue weighted by molar-refractivity contribution is -0.384. The van der Waals surface area contributed by atoms with Crippen molar-refractivity contribution in [1.29, 1.82) is 0 Å². The Bertz CT molecular complexity index is 556. The predicted octanol–water partition coefficient (Wildman–Crippen LogP) is 3.22. The lowest BCUT2D eigenvalue weighted by Crippen LogP contribution is -2.50. The third kappa shape index (κ3) is 3.41.